The van der Waals surface area contributed by atoms with Crippen LogP contribution in [0, 0.1) is 12.7 Å². The van der Waals surface area contributed by atoms with E-state index in [4.69, 9.17) is 5.11 Å². The first-order chi connectivity index (χ1) is 9.70. The largest absolute Gasteiger partial charge is 0.478 e. The summed E-state index contributed by atoms with van der Waals surface area (Å²) in [5, 5.41) is 19.7. The maximum Gasteiger partial charge on any atom is 0.338 e. The smallest absolute Gasteiger partial charge is 0.338 e. The molecule has 1 aromatic heterocycles. The third kappa shape index (κ3) is 3.05. The lowest BCUT2D eigenvalue weighted by molar-refractivity contribution is 0.0691. The van der Waals surface area contributed by atoms with Crippen LogP contribution in [0.15, 0.2) is 17.0 Å². The first kappa shape index (κ1) is 15.0. The van der Waals surface area contributed by atoms with Crippen LogP contribution < -0.4 is 0 Å². The van der Waals surface area contributed by atoms with E-state index in [1.165, 1.54) is 14.0 Å². The van der Waals surface area contributed by atoms with Crippen molar-refractivity contribution in [1.29, 1.82) is 0 Å². The fraction of sp³-hybridized carbons (Fsp3) is 0.273. The zero-order chi connectivity index (χ0) is 15.8. The Balaban J connectivity index is 2.47. The van der Waals surface area contributed by atoms with Crippen molar-refractivity contribution in [2.24, 2.45) is 7.05 Å². The molecule has 0 saturated carbocycles. The maximum absolute atomic E-state index is 13.6. The van der Waals surface area contributed by atoms with Crippen LogP contribution in [0.2, 0.25) is 0 Å². The van der Waals surface area contributed by atoms with Crippen LogP contribution in [0.25, 0.3) is 0 Å². The van der Waals surface area contributed by atoms with Gasteiger partial charge in [0, 0.05) is 0 Å². The Morgan fingerprint density at radius 1 is 1.43 bits per heavy atom. The SMILES string of the molecule is Cc1cc(S(=O)(=O)Cc2nnn(C)n2)cc(C(=O)O)c1F. The average Bonchev–Trinajstić information content (AvgIpc) is 2.76. The number of sulfone groups is 1. The summed E-state index contributed by atoms with van der Waals surface area (Å²) in [7, 11) is -2.42. The van der Waals surface area contributed by atoms with E-state index in [-0.39, 0.29) is 16.3 Å². The van der Waals surface area contributed by atoms with Gasteiger partial charge in [-0.05, 0) is 29.8 Å². The van der Waals surface area contributed by atoms with E-state index in [0.29, 0.717) is 0 Å². The van der Waals surface area contributed by atoms with Gasteiger partial charge in [0.15, 0.2) is 15.7 Å². The molecular weight excluding hydrogens is 303 g/mol. The molecule has 1 N–H and O–H groups in total. The molecule has 1 aromatic carbocycles. The number of hydrogen-bond acceptors (Lipinski definition) is 6. The normalized spacial score (nSPS) is 11.6. The first-order valence-electron chi connectivity index (χ1n) is 5.70. The lowest BCUT2D eigenvalue weighted by atomic mass is 10.1. The summed E-state index contributed by atoms with van der Waals surface area (Å²) in [4.78, 5) is 11.7. The van der Waals surface area contributed by atoms with Crippen LogP contribution in [0.3, 0.4) is 0 Å². The monoisotopic (exact) mass is 314 g/mol. The number of benzene rings is 1. The molecule has 1 heterocycles. The van der Waals surface area contributed by atoms with Gasteiger partial charge in [-0.15, -0.1) is 10.2 Å². The predicted molar refractivity (Wildman–Crippen MR) is 67.8 cm³/mol. The highest BCUT2D eigenvalue weighted by atomic mass is 32.2. The molecular formula is C11H11FN4O4S. The minimum atomic E-state index is -3.90. The highest BCUT2D eigenvalue weighted by Gasteiger charge is 2.23. The molecule has 112 valence electrons. The zero-order valence-electron chi connectivity index (χ0n) is 11.1. The van der Waals surface area contributed by atoms with Gasteiger partial charge in [-0.25, -0.2) is 17.6 Å². The second-order valence-corrected chi connectivity index (χ2v) is 6.35. The Kier molecular flexibility index (Phi) is 3.73. The molecule has 0 unspecified atom stereocenters. The number of aromatic nitrogens is 4. The topological polar surface area (TPSA) is 115 Å². The van der Waals surface area contributed by atoms with E-state index < -0.39 is 32.9 Å². The van der Waals surface area contributed by atoms with Crippen LogP contribution >= 0.6 is 0 Å². The molecule has 0 amide bonds. The van der Waals surface area contributed by atoms with Crippen LogP contribution in [0.4, 0.5) is 4.39 Å². The van der Waals surface area contributed by atoms with Gasteiger partial charge in [0.25, 0.3) is 0 Å². The van der Waals surface area contributed by atoms with Gasteiger partial charge in [0.1, 0.15) is 11.6 Å². The van der Waals surface area contributed by atoms with Gasteiger partial charge in [0.2, 0.25) is 0 Å². The van der Waals surface area contributed by atoms with Crippen molar-refractivity contribution in [3.05, 3.63) is 34.9 Å². The Hall–Kier alpha value is -2.36. The molecule has 0 fully saturated rings. The highest BCUT2D eigenvalue weighted by Crippen LogP contribution is 2.21. The molecule has 0 aliphatic heterocycles. The fourth-order valence-corrected chi connectivity index (χ4v) is 2.98. The van der Waals surface area contributed by atoms with Gasteiger partial charge in [-0.2, -0.15) is 4.80 Å². The molecule has 0 spiro atoms. The van der Waals surface area contributed by atoms with Crippen molar-refractivity contribution in [2.45, 2.75) is 17.6 Å². The summed E-state index contributed by atoms with van der Waals surface area (Å²) in [6.07, 6.45) is 0. The molecule has 10 heteroatoms. The van der Waals surface area contributed by atoms with Crippen LogP contribution in [-0.2, 0) is 22.6 Å². The van der Waals surface area contributed by atoms with Gasteiger partial charge < -0.3 is 5.11 Å². The van der Waals surface area contributed by atoms with Crippen molar-refractivity contribution in [2.75, 3.05) is 0 Å². The molecule has 2 rings (SSSR count). The lowest BCUT2D eigenvalue weighted by Gasteiger charge is -2.07. The highest BCUT2D eigenvalue weighted by molar-refractivity contribution is 7.90. The second kappa shape index (κ2) is 5.20. The number of carboxylic acid groups (broad SMARTS) is 1. The number of hydrogen-bond donors (Lipinski definition) is 1. The molecule has 2 aromatic rings. The van der Waals surface area contributed by atoms with Crippen molar-refractivity contribution in [3.8, 4) is 0 Å². The minimum absolute atomic E-state index is 0.0312. The number of nitrogens with zero attached hydrogens (tertiary/aromatic N) is 4. The van der Waals surface area contributed by atoms with E-state index >= 15 is 0 Å². The Labute approximate surface area is 119 Å². The minimum Gasteiger partial charge on any atom is -0.478 e. The first-order valence-corrected chi connectivity index (χ1v) is 7.35. The predicted octanol–water partition coefficient (Wildman–Crippen LogP) is 0.330. The number of aryl methyl sites for hydroxylation is 2. The lowest BCUT2D eigenvalue weighted by Crippen LogP contribution is -2.10. The molecule has 0 atom stereocenters. The van der Waals surface area contributed by atoms with Gasteiger partial charge in [-0.1, -0.05) is 0 Å². The van der Waals surface area contributed by atoms with Crippen molar-refractivity contribution < 1.29 is 22.7 Å². The molecule has 0 aliphatic carbocycles. The second-order valence-electron chi connectivity index (χ2n) is 4.36. The van der Waals surface area contributed by atoms with E-state index in [1.54, 1.807) is 0 Å². The third-order valence-corrected chi connectivity index (χ3v) is 4.28. The summed E-state index contributed by atoms with van der Waals surface area (Å²) in [5.41, 5.74) is -0.763. The van der Waals surface area contributed by atoms with Crippen molar-refractivity contribution >= 4 is 15.8 Å². The number of aromatic carboxylic acids is 1. The standard InChI is InChI=1S/C11H11FN4O4S/c1-6-3-7(4-8(10(6)12)11(17)18)21(19,20)5-9-13-15-16(2)14-9/h3-4H,5H2,1-2H3,(H,17,18). The Morgan fingerprint density at radius 3 is 2.62 bits per heavy atom. The van der Waals surface area contributed by atoms with E-state index in [0.717, 1.165) is 16.9 Å². The number of carboxylic acids is 1. The van der Waals surface area contributed by atoms with Crippen molar-refractivity contribution in [1.82, 2.24) is 20.2 Å². The quantitative estimate of drug-likeness (QED) is 0.808. The van der Waals surface area contributed by atoms with Crippen LogP contribution in [-0.4, -0.2) is 39.7 Å². The number of rotatable bonds is 4. The van der Waals surface area contributed by atoms with E-state index in [1.807, 2.05) is 0 Å². The van der Waals surface area contributed by atoms with E-state index in [9.17, 15) is 17.6 Å². The summed E-state index contributed by atoms with van der Waals surface area (Å²) in [5.74, 6) is -3.08. The summed E-state index contributed by atoms with van der Waals surface area (Å²) in [6, 6.07) is 1.86. The van der Waals surface area contributed by atoms with Crippen LogP contribution in [0.1, 0.15) is 21.7 Å². The third-order valence-electron chi connectivity index (χ3n) is 2.69. The number of carbonyl (C=O) groups is 1. The van der Waals surface area contributed by atoms with Crippen LogP contribution in [0.5, 0.6) is 0 Å². The Morgan fingerprint density at radius 2 is 2.10 bits per heavy atom. The van der Waals surface area contributed by atoms with Gasteiger partial charge >= 0.3 is 5.97 Å². The van der Waals surface area contributed by atoms with Crippen molar-refractivity contribution in [3.63, 3.8) is 0 Å². The fourth-order valence-electron chi connectivity index (χ4n) is 1.71. The molecule has 8 nitrogen and oxygen atoms in total. The molecule has 0 radical (unpaired) electrons. The zero-order valence-corrected chi connectivity index (χ0v) is 11.9. The molecule has 21 heavy (non-hydrogen) atoms. The summed E-state index contributed by atoms with van der Waals surface area (Å²) in [6.45, 7) is 1.29. The summed E-state index contributed by atoms with van der Waals surface area (Å²) >= 11 is 0. The summed E-state index contributed by atoms with van der Waals surface area (Å²) < 4.78 is 38.1. The van der Waals surface area contributed by atoms with Gasteiger partial charge in [-0.3, -0.25) is 0 Å². The number of halogens is 1. The Bertz CT molecular complexity index is 816. The molecule has 0 aliphatic rings. The maximum atomic E-state index is 13.6. The number of tetrazole rings is 1. The molecule has 0 bridgehead atoms. The molecule has 0 saturated heterocycles. The van der Waals surface area contributed by atoms with Gasteiger partial charge in [0.05, 0.1) is 17.5 Å². The average molecular weight is 314 g/mol. The van der Waals surface area contributed by atoms with E-state index in [2.05, 4.69) is 15.4 Å².